The van der Waals surface area contributed by atoms with Crippen molar-refractivity contribution in [2.24, 2.45) is 0 Å². The van der Waals surface area contributed by atoms with Gasteiger partial charge in [0, 0.05) is 36.1 Å². The highest BCUT2D eigenvalue weighted by Crippen LogP contribution is 2.37. The van der Waals surface area contributed by atoms with Crippen molar-refractivity contribution in [3.05, 3.63) is 71.9 Å². The summed E-state index contributed by atoms with van der Waals surface area (Å²) < 4.78 is 5.50. The number of pyridine rings is 1. The molecule has 0 radical (unpaired) electrons. The van der Waals surface area contributed by atoms with Crippen LogP contribution in [-0.2, 0) is 6.54 Å². The molecule has 2 aliphatic rings. The van der Waals surface area contributed by atoms with Crippen molar-refractivity contribution in [3.63, 3.8) is 0 Å². The maximum absolute atomic E-state index is 13.0. The maximum Gasteiger partial charge on any atom is 0.270 e. The van der Waals surface area contributed by atoms with Crippen molar-refractivity contribution in [2.75, 3.05) is 7.11 Å². The predicted molar refractivity (Wildman–Crippen MR) is 118 cm³/mol. The van der Waals surface area contributed by atoms with Gasteiger partial charge in [-0.1, -0.05) is 42.5 Å². The zero-order valence-electron chi connectivity index (χ0n) is 17.3. The van der Waals surface area contributed by atoms with Crippen LogP contribution < -0.4 is 10.1 Å². The largest absolute Gasteiger partial charge is 0.496 e. The molecule has 2 bridgehead atoms. The van der Waals surface area contributed by atoms with E-state index in [2.05, 4.69) is 45.5 Å². The molecule has 0 spiro atoms. The highest BCUT2D eigenvalue weighted by molar-refractivity contribution is 5.97. The van der Waals surface area contributed by atoms with Crippen LogP contribution in [0.4, 0.5) is 0 Å². The van der Waals surface area contributed by atoms with Crippen LogP contribution in [0.2, 0.25) is 0 Å². The Morgan fingerprint density at radius 3 is 2.50 bits per heavy atom. The molecule has 0 aliphatic carbocycles. The van der Waals surface area contributed by atoms with Crippen LogP contribution in [0.25, 0.3) is 10.9 Å². The second-order valence-electron chi connectivity index (χ2n) is 8.41. The van der Waals surface area contributed by atoms with Crippen molar-refractivity contribution < 1.29 is 9.53 Å². The number of aromatic nitrogens is 1. The van der Waals surface area contributed by atoms with Crippen LogP contribution in [0, 0.1) is 0 Å². The third-order valence-corrected chi connectivity index (χ3v) is 6.56. The van der Waals surface area contributed by atoms with Gasteiger partial charge in [-0.3, -0.25) is 9.69 Å². The molecule has 3 aromatic rings. The van der Waals surface area contributed by atoms with Gasteiger partial charge in [0.25, 0.3) is 5.91 Å². The first-order chi connectivity index (χ1) is 14.7. The number of nitrogens with one attached hydrogen (secondary N) is 1. The van der Waals surface area contributed by atoms with Gasteiger partial charge in [-0.2, -0.15) is 0 Å². The second-order valence-corrected chi connectivity index (χ2v) is 8.41. The van der Waals surface area contributed by atoms with Crippen molar-refractivity contribution in [3.8, 4) is 5.75 Å². The highest BCUT2D eigenvalue weighted by Gasteiger charge is 2.41. The number of carbonyl (C=O) groups excluding carboxylic acids is 1. The van der Waals surface area contributed by atoms with Gasteiger partial charge in [0.2, 0.25) is 0 Å². The number of nitrogens with zero attached hydrogens (tertiary/aromatic N) is 2. The van der Waals surface area contributed by atoms with Gasteiger partial charge in [-0.05, 0) is 43.4 Å². The van der Waals surface area contributed by atoms with E-state index in [0.29, 0.717) is 23.5 Å². The minimum Gasteiger partial charge on any atom is -0.496 e. The fraction of sp³-hybridized carbons (Fsp3) is 0.360. The number of hydrogen-bond acceptors (Lipinski definition) is 4. The molecule has 2 aromatic carbocycles. The Bertz CT molecular complexity index is 1040. The minimum absolute atomic E-state index is 0.111. The number of fused-ring (bicyclic) bond motifs is 3. The standard InChI is InChI=1S/C25H27N3O2/c1-30-24-15-23(27-22-10-6-5-9-21(22)24)25(29)26-18-13-19-11-12-20(14-18)28(19)16-17-7-3-2-4-8-17/h2-10,15,18-20H,11-14,16H2,1H3,(H,26,29). The van der Waals surface area contributed by atoms with Crippen molar-refractivity contribution in [1.29, 1.82) is 0 Å². The molecule has 2 atom stereocenters. The minimum atomic E-state index is -0.111. The lowest BCUT2D eigenvalue weighted by Crippen LogP contribution is -2.50. The van der Waals surface area contributed by atoms with Gasteiger partial charge in [-0.25, -0.2) is 4.98 Å². The molecule has 5 heteroatoms. The molecule has 2 saturated heterocycles. The van der Waals surface area contributed by atoms with E-state index in [-0.39, 0.29) is 11.9 Å². The van der Waals surface area contributed by atoms with E-state index in [1.165, 1.54) is 18.4 Å². The molecule has 1 N–H and O–H groups in total. The summed E-state index contributed by atoms with van der Waals surface area (Å²) in [5, 5.41) is 4.17. The summed E-state index contributed by atoms with van der Waals surface area (Å²) in [7, 11) is 1.63. The fourth-order valence-electron chi connectivity index (χ4n) is 5.13. The Hall–Kier alpha value is -2.92. The van der Waals surface area contributed by atoms with Crippen LogP contribution >= 0.6 is 0 Å². The molecule has 2 unspecified atom stereocenters. The first-order valence-electron chi connectivity index (χ1n) is 10.8. The summed E-state index contributed by atoms with van der Waals surface area (Å²) in [6, 6.07) is 21.4. The lowest BCUT2D eigenvalue weighted by molar-refractivity contribution is 0.0823. The summed E-state index contributed by atoms with van der Waals surface area (Å²) >= 11 is 0. The van der Waals surface area contributed by atoms with Crippen LogP contribution in [0.5, 0.6) is 5.75 Å². The Morgan fingerprint density at radius 2 is 1.77 bits per heavy atom. The van der Waals surface area contributed by atoms with Gasteiger partial charge in [0.05, 0.1) is 12.6 Å². The van der Waals surface area contributed by atoms with Crippen molar-refractivity contribution >= 4 is 16.8 Å². The fourth-order valence-corrected chi connectivity index (χ4v) is 5.13. The lowest BCUT2D eigenvalue weighted by atomic mass is 9.96. The molecule has 30 heavy (non-hydrogen) atoms. The molecule has 1 aromatic heterocycles. The Labute approximate surface area is 177 Å². The Kier molecular flexibility index (Phi) is 5.13. The van der Waals surface area contributed by atoms with Gasteiger partial charge < -0.3 is 10.1 Å². The maximum atomic E-state index is 13.0. The summed E-state index contributed by atoms with van der Waals surface area (Å²) in [5.41, 5.74) is 2.56. The Balaban J connectivity index is 1.28. The highest BCUT2D eigenvalue weighted by atomic mass is 16.5. The normalized spacial score (nSPS) is 23.4. The zero-order valence-corrected chi connectivity index (χ0v) is 17.3. The number of methoxy groups -OCH3 is 1. The van der Waals surface area contributed by atoms with Crippen molar-refractivity contribution in [2.45, 2.75) is 50.4 Å². The molecule has 5 nitrogen and oxygen atoms in total. The predicted octanol–water partition coefficient (Wildman–Crippen LogP) is 4.17. The first-order valence-corrected chi connectivity index (χ1v) is 10.8. The van der Waals surface area contributed by atoms with E-state index in [0.717, 1.165) is 30.3 Å². The molecular formula is C25H27N3O2. The van der Waals surface area contributed by atoms with E-state index >= 15 is 0 Å². The summed E-state index contributed by atoms with van der Waals surface area (Å²) in [6.45, 7) is 1.00. The smallest absolute Gasteiger partial charge is 0.270 e. The molecule has 1 amide bonds. The number of ether oxygens (including phenoxy) is 1. The number of rotatable bonds is 5. The number of amides is 1. The average molecular weight is 402 g/mol. The summed E-state index contributed by atoms with van der Waals surface area (Å²) in [6.07, 6.45) is 4.43. The number of piperidine rings is 1. The third-order valence-electron chi connectivity index (χ3n) is 6.56. The van der Waals surface area contributed by atoms with Gasteiger partial charge in [-0.15, -0.1) is 0 Å². The number of hydrogen-bond donors (Lipinski definition) is 1. The lowest BCUT2D eigenvalue weighted by Gasteiger charge is -2.39. The van der Waals surface area contributed by atoms with E-state index in [1.54, 1.807) is 13.2 Å². The average Bonchev–Trinajstić information content (AvgIpc) is 3.01. The van der Waals surface area contributed by atoms with Crippen LogP contribution in [0.15, 0.2) is 60.7 Å². The number of benzene rings is 2. The number of carbonyl (C=O) groups is 1. The second kappa shape index (κ2) is 8.07. The first kappa shape index (κ1) is 19.1. The quantitative estimate of drug-likeness (QED) is 0.697. The van der Waals surface area contributed by atoms with E-state index in [9.17, 15) is 4.79 Å². The van der Waals surface area contributed by atoms with Gasteiger partial charge in [0.1, 0.15) is 11.4 Å². The monoisotopic (exact) mass is 401 g/mol. The molecule has 5 rings (SSSR count). The molecule has 154 valence electrons. The van der Waals surface area contributed by atoms with Crippen LogP contribution in [0.1, 0.15) is 41.7 Å². The van der Waals surface area contributed by atoms with Gasteiger partial charge in [0.15, 0.2) is 0 Å². The molecule has 0 saturated carbocycles. The van der Waals surface area contributed by atoms with E-state index in [4.69, 9.17) is 4.74 Å². The summed E-state index contributed by atoms with van der Waals surface area (Å²) in [5.74, 6) is 0.573. The van der Waals surface area contributed by atoms with Crippen molar-refractivity contribution in [1.82, 2.24) is 15.2 Å². The van der Waals surface area contributed by atoms with E-state index in [1.807, 2.05) is 24.3 Å². The molecule has 2 fully saturated rings. The molecule has 2 aliphatic heterocycles. The number of para-hydroxylation sites is 1. The Morgan fingerprint density at radius 1 is 1.07 bits per heavy atom. The zero-order chi connectivity index (χ0) is 20.5. The van der Waals surface area contributed by atoms with Crippen LogP contribution in [-0.4, -0.2) is 41.0 Å². The topological polar surface area (TPSA) is 54.5 Å². The van der Waals surface area contributed by atoms with Gasteiger partial charge >= 0.3 is 0 Å². The SMILES string of the molecule is COc1cc(C(=O)NC2CC3CCC(C2)N3Cc2ccccc2)nc2ccccc12. The third kappa shape index (κ3) is 3.65. The summed E-state index contributed by atoms with van der Waals surface area (Å²) in [4.78, 5) is 20.2. The molecule has 3 heterocycles. The van der Waals surface area contributed by atoms with E-state index < -0.39 is 0 Å². The molecular weight excluding hydrogens is 374 g/mol. The van der Waals surface area contributed by atoms with Crippen LogP contribution in [0.3, 0.4) is 0 Å².